The number of carbonyl (C=O) groups is 1. The van der Waals surface area contributed by atoms with E-state index in [-0.39, 0.29) is 5.57 Å². The van der Waals surface area contributed by atoms with Gasteiger partial charge in [-0.2, -0.15) is 5.26 Å². The lowest BCUT2D eigenvalue weighted by Gasteiger charge is -2.18. The molecule has 1 amide bonds. The van der Waals surface area contributed by atoms with Crippen LogP contribution < -0.4 is 19.5 Å². The van der Waals surface area contributed by atoms with Gasteiger partial charge in [0.2, 0.25) is 5.13 Å². The summed E-state index contributed by atoms with van der Waals surface area (Å²) in [6.07, 6.45) is 7.37. The number of nitriles is 1. The SMILES string of the molecule is COc1cc(C=C(C#N)C(=O)Nc2nnc(C3CCCCC3)s2)ccc1OCCOc1cc(C)cc(C)c1. The van der Waals surface area contributed by atoms with Gasteiger partial charge in [-0.25, -0.2) is 0 Å². The van der Waals surface area contributed by atoms with Gasteiger partial charge in [0.05, 0.1) is 7.11 Å². The predicted molar refractivity (Wildman–Crippen MR) is 148 cm³/mol. The smallest absolute Gasteiger partial charge is 0.268 e. The summed E-state index contributed by atoms with van der Waals surface area (Å²) in [7, 11) is 1.54. The summed E-state index contributed by atoms with van der Waals surface area (Å²) >= 11 is 1.38. The van der Waals surface area contributed by atoms with Crippen molar-refractivity contribution in [1.29, 1.82) is 5.26 Å². The van der Waals surface area contributed by atoms with E-state index in [0.29, 0.717) is 41.3 Å². The van der Waals surface area contributed by atoms with Gasteiger partial charge in [0, 0.05) is 5.92 Å². The Hall–Kier alpha value is -3.90. The molecule has 0 radical (unpaired) electrons. The van der Waals surface area contributed by atoms with E-state index < -0.39 is 5.91 Å². The maximum absolute atomic E-state index is 12.8. The quantitative estimate of drug-likeness (QED) is 0.188. The number of rotatable bonds is 10. The summed E-state index contributed by atoms with van der Waals surface area (Å²) in [4.78, 5) is 12.8. The first-order chi connectivity index (χ1) is 18.4. The van der Waals surface area contributed by atoms with Gasteiger partial charge in [0.15, 0.2) is 11.5 Å². The highest BCUT2D eigenvalue weighted by Gasteiger charge is 2.21. The average Bonchev–Trinajstić information content (AvgIpc) is 3.38. The number of nitrogens with zero attached hydrogens (tertiary/aromatic N) is 3. The second kappa shape index (κ2) is 13.1. The van der Waals surface area contributed by atoms with Crippen molar-refractivity contribution in [2.45, 2.75) is 51.9 Å². The normalized spacial score (nSPS) is 14.0. The van der Waals surface area contributed by atoms with Crippen molar-refractivity contribution in [3.63, 3.8) is 0 Å². The molecule has 8 nitrogen and oxygen atoms in total. The number of hydrogen-bond acceptors (Lipinski definition) is 8. The van der Waals surface area contributed by atoms with E-state index in [2.05, 4.69) is 21.6 Å². The van der Waals surface area contributed by atoms with E-state index >= 15 is 0 Å². The maximum atomic E-state index is 12.8. The third-order valence-corrected chi connectivity index (χ3v) is 7.29. The summed E-state index contributed by atoms with van der Waals surface area (Å²) in [6.45, 7) is 4.77. The van der Waals surface area contributed by atoms with Gasteiger partial charge in [0.1, 0.15) is 35.6 Å². The van der Waals surface area contributed by atoms with Crippen LogP contribution in [0.15, 0.2) is 42.0 Å². The molecule has 1 aromatic heterocycles. The molecule has 4 rings (SSSR count). The van der Waals surface area contributed by atoms with E-state index in [9.17, 15) is 10.1 Å². The number of methoxy groups -OCH3 is 1. The van der Waals surface area contributed by atoms with Crippen molar-refractivity contribution in [2.24, 2.45) is 0 Å². The molecule has 1 aliphatic carbocycles. The zero-order chi connectivity index (χ0) is 26.9. The van der Waals surface area contributed by atoms with Gasteiger partial charge >= 0.3 is 0 Å². The lowest BCUT2D eigenvalue weighted by molar-refractivity contribution is -0.112. The molecule has 0 saturated heterocycles. The van der Waals surface area contributed by atoms with Crippen LogP contribution in [0.25, 0.3) is 6.08 Å². The monoisotopic (exact) mass is 532 g/mol. The van der Waals surface area contributed by atoms with Crippen LogP contribution in [0, 0.1) is 25.2 Å². The lowest BCUT2D eigenvalue weighted by Crippen LogP contribution is -2.13. The molecule has 38 heavy (non-hydrogen) atoms. The summed E-state index contributed by atoms with van der Waals surface area (Å²) in [5.41, 5.74) is 2.87. The fraction of sp³-hybridized carbons (Fsp3) is 0.379. The number of hydrogen-bond donors (Lipinski definition) is 1. The molecule has 1 fully saturated rings. The number of aryl methyl sites for hydroxylation is 2. The number of benzene rings is 2. The molecule has 9 heteroatoms. The van der Waals surface area contributed by atoms with E-state index in [0.717, 1.165) is 34.7 Å². The largest absolute Gasteiger partial charge is 0.493 e. The molecule has 0 aliphatic heterocycles. The minimum Gasteiger partial charge on any atom is -0.493 e. The highest BCUT2D eigenvalue weighted by atomic mass is 32.1. The zero-order valence-electron chi connectivity index (χ0n) is 22.0. The summed E-state index contributed by atoms with van der Waals surface area (Å²) < 4.78 is 17.1. The fourth-order valence-corrected chi connectivity index (χ4v) is 5.41. The highest BCUT2D eigenvalue weighted by molar-refractivity contribution is 7.15. The molecule has 1 heterocycles. The number of nitrogens with one attached hydrogen (secondary N) is 1. The first-order valence-corrected chi connectivity index (χ1v) is 13.6. The van der Waals surface area contributed by atoms with E-state index in [1.54, 1.807) is 25.3 Å². The third-order valence-electron chi connectivity index (χ3n) is 6.28. The molecule has 0 atom stereocenters. The topological polar surface area (TPSA) is 106 Å². The van der Waals surface area contributed by atoms with Crippen LogP contribution in [-0.2, 0) is 4.79 Å². The van der Waals surface area contributed by atoms with Gasteiger partial charge in [-0.3, -0.25) is 10.1 Å². The second-order valence-corrected chi connectivity index (χ2v) is 10.3. The van der Waals surface area contributed by atoms with Crippen molar-refractivity contribution in [3.8, 4) is 23.3 Å². The molecular weight excluding hydrogens is 500 g/mol. The van der Waals surface area contributed by atoms with Gasteiger partial charge in [-0.1, -0.05) is 42.7 Å². The van der Waals surface area contributed by atoms with E-state index in [4.69, 9.17) is 14.2 Å². The molecule has 2 aromatic carbocycles. The number of amides is 1. The van der Waals surface area contributed by atoms with Crippen LogP contribution in [-0.4, -0.2) is 36.4 Å². The molecular formula is C29H32N4O4S. The molecule has 3 aromatic rings. The lowest BCUT2D eigenvalue weighted by atomic mass is 9.90. The molecule has 0 bridgehead atoms. The van der Waals surface area contributed by atoms with Crippen LogP contribution in [0.2, 0.25) is 0 Å². The maximum Gasteiger partial charge on any atom is 0.268 e. The summed E-state index contributed by atoms with van der Waals surface area (Å²) in [5, 5.41) is 22.1. The Labute approximate surface area is 227 Å². The van der Waals surface area contributed by atoms with E-state index in [1.165, 1.54) is 36.7 Å². The van der Waals surface area contributed by atoms with Crippen LogP contribution in [0.3, 0.4) is 0 Å². The summed E-state index contributed by atoms with van der Waals surface area (Å²) in [5.74, 6) is 1.72. The second-order valence-electron chi connectivity index (χ2n) is 9.33. The van der Waals surface area contributed by atoms with Crippen LogP contribution in [0.1, 0.15) is 59.7 Å². The van der Waals surface area contributed by atoms with Gasteiger partial charge < -0.3 is 14.2 Å². The average molecular weight is 533 g/mol. The Morgan fingerprint density at radius 3 is 2.50 bits per heavy atom. The number of ether oxygens (including phenoxy) is 3. The Bertz CT molecular complexity index is 1320. The third kappa shape index (κ3) is 7.33. The van der Waals surface area contributed by atoms with Crippen molar-refractivity contribution in [1.82, 2.24) is 10.2 Å². The van der Waals surface area contributed by atoms with Crippen molar-refractivity contribution >= 4 is 28.5 Å². The van der Waals surface area contributed by atoms with Crippen LogP contribution in [0.4, 0.5) is 5.13 Å². The fourth-order valence-electron chi connectivity index (χ4n) is 4.50. The Morgan fingerprint density at radius 1 is 1.05 bits per heavy atom. The number of anilines is 1. The number of aromatic nitrogens is 2. The highest BCUT2D eigenvalue weighted by Crippen LogP contribution is 2.35. The van der Waals surface area contributed by atoms with Crippen molar-refractivity contribution in [2.75, 3.05) is 25.6 Å². The van der Waals surface area contributed by atoms with Crippen molar-refractivity contribution < 1.29 is 19.0 Å². The molecule has 1 saturated carbocycles. The molecule has 1 N–H and O–H groups in total. The molecule has 198 valence electrons. The first kappa shape index (κ1) is 27.1. The van der Waals surface area contributed by atoms with Gasteiger partial charge in [0.25, 0.3) is 5.91 Å². The minimum atomic E-state index is -0.526. The summed E-state index contributed by atoms with van der Waals surface area (Å²) in [6, 6.07) is 13.3. The minimum absolute atomic E-state index is 0.0445. The van der Waals surface area contributed by atoms with Crippen LogP contribution in [0.5, 0.6) is 17.2 Å². The van der Waals surface area contributed by atoms with Gasteiger partial charge in [-0.05, 0) is 73.7 Å². The van der Waals surface area contributed by atoms with Crippen molar-refractivity contribution in [3.05, 3.63) is 63.7 Å². The number of carbonyl (C=O) groups excluding carboxylic acids is 1. The predicted octanol–water partition coefficient (Wildman–Crippen LogP) is 6.21. The standard InChI is InChI=1S/C29H32N4O4S/c1-19-13-20(2)15-24(14-19)36-11-12-37-25-10-9-21(17-26(25)35-3)16-23(18-30)27(34)31-29-33-32-28(38-29)22-7-5-4-6-8-22/h9-10,13-17,22H,4-8,11-12H2,1-3H3,(H,31,33,34). The van der Waals surface area contributed by atoms with E-state index in [1.807, 2.05) is 32.0 Å². The Morgan fingerprint density at radius 2 is 1.79 bits per heavy atom. The molecule has 0 spiro atoms. The zero-order valence-corrected chi connectivity index (χ0v) is 22.8. The Kier molecular flexibility index (Phi) is 9.33. The molecule has 0 unspecified atom stereocenters. The Balaban J connectivity index is 1.35. The van der Waals surface area contributed by atoms with Crippen LogP contribution >= 0.6 is 11.3 Å². The van der Waals surface area contributed by atoms with Gasteiger partial charge in [-0.15, -0.1) is 10.2 Å². The first-order valence-electron chi connectivity index (χ1n) is 12.7. The molecule has 1 aliphatic rings.